The summed E-state index contributed by atoms with van der Waals surface area (Å²) in [5, 5.41) is 24.0. The predicted octanol–water partition coefficient (Wildman–Crippen LogP) is 5.04. The number of halogens is 3. The van der Waals surface area contributed by atoms with Crippen molar-refractivity contribution in [2.75, 3.05) is 4.90 Å². The van der Waals surface area contributed by atoms with Crippen molar-refractivity contribution in [2.24, 2.45) is 5.18 Å². The molecule has 1 heterocycles. The number of carbonyl (C=O) groups is 1. The number of alkyl halides is 3. The van der Waals surface area contributed by atoms with Crippen molar-refractivity contribution in [3.05, 3.63) is 75.3 Å². The van der Waals surface area contributed by atoms with Crippen molar-refractivity contribution in [3.8, 4) is 12.1 Å². The van der Waals surface area contributed by atoms with Crippen molar-refractivity contribution >= 4 is 17.4 Å². The highest BCUT2D eigenvalue weighted by molar-refractivity contribution is 5.97. The minimum absolute atomic E-state index is 0.0154. The second-order valence-electron chi connectivity index (χ2n) is 6.35. The van der Waals surface area contributed by atoms with Gasteiger partial charge in [0.15, 0.2) is 0 Å². The van der Waals surface area contributed by atoms with E-state index in [2.05, 4.69) is 10.5 Å². The molecule has 3 rings (SSSR count). The van der Waals surface area contributed by atoms with Gasteiger partial charge in [0.2, 0.25) is 0 Å². The highest BCUT2D eigenvalue weighted by Crippen LogP contribution is 2.38. The Morgan fingerprint density at radius 1 is 1.13 bits per heavy atom. The van der Waals surface area contributed by atoms with Crippen LogP contribution < -0.4 is 10.2 Å². The van der Waals surface area contributed by atoms with Crippen molar-refractivity contribution in [2.45, 2.75) is 19.1 Å². The van der Waals surface area contributed by atoms with Crippen LogP contribution in [0.25, 0.3) is 0 Å². The molecule has 0 spiro atoms. The number of nitrogens with zero attached hydrogens (tertiary/aromatic N) is 4. The molecule has 0 fully saturated rings. The zero-order valence-corrected chi connectivity index (χ0v) is 15.4. The van der Waals surface area contributed by atoms with E-state index < -0.39 is 23.8 Å². The Morgan fingerprint density at radius 3 is 2.47 bits per heavy atom. The van der Waals surface area contributed by atoms with Crippen LogP contribution in [0.15, 0.2) is 58.9 Å². The summed E-state index contributed by atoms with van der Waals surface area (Å²) in [6.07, 6.45) is -4.60. The number of nitrogens with one attached hydrogen (secondary N) is 1. The average Bonchev–Trinajstić information content (AvgIpc) is 2.72. The number of carbonyl (C=O) groups excluding carboxylic acids is 1. The van der Waals surface area contributed by atoms with Gasteiger partial charge in [0.25, 0.3) is 0 Å². The molecule has 0 aliphatic carbocycles. The summed E-state index contributed by atoms with van der Waals surface area (Å²) in [5.74, 6) is 0. The largest absolute Gasteiger partial charge is 0.416 e. The first-order valence-corrected chi connectivity index (χ1v) is 8.47. The van der Waals surface area contributed by atoms with Crippen LogP contribution in [0.4, 0.5) is 29.3 Å². The van der Waals surface area contributed by atoms with Crippen LogP contribution in [0.1, 0.15) is 29.7 Å². The molecule has 0 bridgehead atoms. The fourth-order valence-electron chi connectivity index (χ4n) is 3.19. The number of rotatable bonds is 3. The number of hydrogen-bond donors (Lipinski definition) is 1. The normalized spacial score (nSPS) is 16.5. The summed E-state index contributed by atoms with van der Waals surface area (Å²) < 4.78 is 39.2. The highest BCUT2D eigenvalue weighted by atomic mass is 19.4. The zero-order chi connectivity index (χ0) is 22.1. The molecule has 1 N–H and O–H groups in total. The molecule has 10 heteroatoms. The van der Waals surface area contributed by atoms with E-state index in [0.29, 0.717) is 0 Å². The Balaban J connectivity index is 2.12. The molecular weight excluding hydrogens is 399 g/mol. The minimum atomic E-state index is -4.60. The molecule has 30 heavy (non-hydrogen) atoms. The van der Waals surface area contributed by atoms with Gasteiger partial charge in [0, 0.05) is 11.3 Å². The SMILES string of the molecule is CC1=C(C#N)[C@@H](c2ccc(C#N)cc2N=O)NC(=O)N1c1cccc(C(F)(F)F)c1. The van der Waals surface area contributed by atoms with Gasteiger partial charge in [-0.1, -0.05) is 12.1 Å². The van der Waals surface area contributed by atoms with E-state index in [-0.39, 0.29) is 33.8 Å². The van der Waals surface area contributed by atoms with Crippen molar-refractivity contribution in [1.82, 2.24) is 5.32 Å². The average molecular weight is 411 g/mol. The third kappa shape index (κ3) is 3.59. The Hall–Kier alpha value is -4.18. The molecule has 1 aliphatic heterocycles. The zero-order valence-electron chi connectivity index (χ0n) is 15.4. The van der Waals surface area contributed by atoms with Crippen LogP contribution in [0, 0.1) is 27.6 Å². The van der Waals surface area contributed by atoms with Crippen LogP contribution in [-0.2, 0) is 6.18 Å². The van der Waals surface area contributed by atoms with Crippen LogP contribution in [0.5, 0.6) is 0 Å². The lowest BCUT2D eigenvalue weighted by Crippen LogP contribution is -2.46. The predicted molar refractivity (Wildman–Crippen MR) is 100 cm³/mol. The van der Waals surface area contributed by atoms with Gasteiger partial charge in [0.05, 0.1) is 40.6 Å². The number of anilines is 1. The minimum Gasteiger partial charge on any atom is -0.326 e. The Morgan fingerprint density at radius 2 is 1.87 bits per heavy atom. The number of hydrogen-bond acceptors (Lipinski definition) is 5. The summed E-state index contributed by atoms with van der Waals surface area (Å²) >= 11 is 0. The van der Waals surface area contributed by atoms with Gasteiger partial charge in [0.1, 0.15) is 5.69 Å². The van der Waals surface area contributed by atoms with Gasteiger partial charge in [-0.3, -0.25) is 4.90 Å². The van der Waals surface area contributed by atoms with Gasteiger partial charge < -0.3 is 5.32 Å². The van der Waals surface area contributed by atoms with E-state index in [4.69, 9.17) is 5.26 Å². The van der Waals surface area contributed by atoms with Crippen molar-refractivity contribution in [1.29, 1.82) is 10.5 Å². The van der Waals surface area contributed by atoms with Crippen LogP contribution >= 0.6 is 0 Å². The number of benzene rings is 2. The Kier molecular flexibility index (Phi) is 5.26. The standard InChI is InChI=1S/C20H12F3N5O2/c1-11-16(10-25)18(15-6-5-12(9-24)7-17(15)27-30)26-19(29)28(11)14-4-2-3-13(8-14)20(21,22)23/h2-8,18H,1H3,(H,26,29)/t18-/m1/s1. The lowest BCUT2D eigenvalue weighted by Gasteiger charge is -2.34. The smallest absolute Gasteiger partial charge is 0.326 e. The fourth-order valence-corrected chi connectivity index (χ4v) is 3.19. The van der Waals surface area contributed by atoms with Crippen molar-refractivity contribution < 1.29 is 18.0 Å². The maximum absolute atomic E-state index is 13.1. The number of allylic oxidation sites excluding steroid dienone is 1. The van der Waals surface area contributed by atoms with Gasteiger partial charge in [-0.05, 0) is 42.4 Å². The summed E-state index contributed by atoms with van der Waals surface area (Å²) in [7, 11) is 0. The molecule has 2 aromatic carbocycles. The number of urea groups is 1. The maximum atomic E-state index is 13.1. The monoisotopic (exact) mass is 411 g/mol. The highest BCUT2D eigenvalue weighted by Gasteiger charge is 2.36. The topological polar surface area (TPSA) is 109 Å². The molecule has 0 aromatic heterocycles. The van der Waals surface area contributed by atoms with Gasteiger partial charge in [-0.15, -0.1) is 4.91 Å². The second kappa shape index (κ2) is 7.68. The van der Waals surface area contributed by atoms with E-state index >= 15 is 0 Å². The number of nitriles is 2. The molecule has 0 unspecified atom stereocenters. The summed E-state index contributed by atoms with van der Waals surface area (Å²) in [4.78, 5) is 24.9. The first kappa shape index (κ1) is 20.6. The molecule has 7 nitrogen and oxygen atoms in total. The molecule has 1 aliphatic rings. The fraction of sp³-hybridized carbons (Fsp3) is 0.150. The quantitative estimate of drug-likeness (QED) is 0.713. The molecular formula is C20H12F3N5O2. The molecule has 2 amide bonds. The van der Waals surface area contributed by atoms with E-state index in [1.54, 1.807) is 0 Å². The van der Waals surface area contributed by atoms with E-state index in [1.807, 2.05) is 12.1 Å². The maximum Gasteiger partial charge on any atom is 0.416 e. The molecule has 1 atom stereocenters. The Labute approximate surface area is 168 Å². The third-order valence-corrected chi connectivity index (χ3v) is 4.61. The van der Waals surface area contributed by atoms with Gasteiger partial charge >= 0.3 is 12.2 Å². The van der Waals surface area contributed by atoms with E-state index in [1.165, 1.54) is 31.2 Å². The molecule has 150 valence electrons. The summed E-state index contributed by atoms with van der Waals surface area (Å²) in [6, 6.07) is 10.1. The lowest BCUT2D eigenvalue weighted by molar-refractivity contribution is -0.137. The van der Waals surface area contributed by atoms with Crippen molar-refractivity contribution in [3.63, 3.8) is 0 Å². The lowest BCUT2D eigenvalue weighted by atomic mass is 9.93. The molecule has 0 saturated heterocycles. The van der Waals surface area contributed by atoms with Crippen LogP contribution in [-0.4, -0.2) is 6.03 Å². The first-order chi connectivity index (χ1) is 14.2. The molecule has 2 aromatic rings. The second-order valence-corrected chi connectivity index (χ2v) is 6.35. The summed E-state index contributed by atoms with van der Waals surface area (Å²) in [5.41, 5.74) is -0.668. The Bertz CT molecular complexity index is 1160. The van der Waals surface area contributed by atoms with E-state index in [9.17, 15) is 28.1 Å². The first-order valence-electron chi connectivity index (χ1n) is 8.47. The summed E-state index contributed by atoms with van der Waals surface area (Å²) in [6.45, 7) is 1.42. The number of amides is 2. The number of nitroso groups, excluding NO2 is 1. The third-order valence-electron chi connectivity index (χ3n) is 4.61. The molecule has 0 saturated carbocycles. The molecule has 0 radical (unpaired) electrons. The van der Waals surface area contributed by atoms with Gasteiger partial charge in [-0.2, -0.15) is 23.7 Å². The van der Waals surface area contributed by atoms with Crippen LogP contribution in [0.2, 0.25) is 0 Å². The van der Waals surface area contributed by atoms with Crippen LogP contribution in [0.3, 0.4) is 0 Å². The van der Waals surface area contributed by atoms with Gasteiger partial charge in [-0.25, -0.2) is 4.79 Å². The van der Waals surface area contributed by atoms with E-state index in [0.717, 1.165) is 23.1 Å².